The Labute approximate surface area is 155 Å². The maximum atomic E-state index is 12.6. The SMILES string of the molecule is COC(=O)[C@H](CCSC)NC(=O)C1CSC(c2cccnc2)N1C=O. The third-order valence-electron chi connectivity index (χ3n) is 3.85. The standard InChI is InChI=1S/C16H21N3O4S2/c1-23-16(22)12(5-7-24-2)18-14(21)13-9-25-15(19(13)10-20)11-4-3-6-17-8-11/h3-4,6,8,10,12-13,15H,5,7,9H2,1-2H3,(H,18,21)/t12-,13?,15?/m0/s1. The van der Waals surface area contributed by atoms with E-state index >= 15 is 0 Å². The topological polar surface area (TPSA) is 88.6 Å². The van der Waals surface area contributed by atoms with Crippen molar-refractivity contribution in [2.75, 3.05) is 24.9 Å². The summed E-state index contributed by atoms with van der Waals surface area (Å²) in [5.41, 5.74) is 0.863. The van der Waals surface area contributed by atoms with E-state index in [9.17, 15) is 14.4 Å². The molecule has 9 heteroatoms. The molecule has 7 nitrogen and oxygen atoms in total. The second-order valence-electron chi connectivity index (χ2n) is 5.41. The van der Waals surface area contributed by atoms with Crippen LogP contribution in [0.5, 0.6) is 0 Å². The summed E-state index contributed by atoms with van der Waals surface area (Å²) in [6.07, 6.45) is 6.43. The van der Waals surface area contributed by atoms with Gasteiger partial charge in [0.2, 0.25) is 12.3 Å². The van der Waals surface area contributed by atoms with E-state index in [1.807, 2.05) is 12.3 Å². The number of pyridine rings is 1. The predicted molar refractivity (Wildman–Crippen MR) is 98.1 cm³/mol. The number of carbonyl (C=O) groups is 3. The summed E-state index contributed by atoms with van der Waals surface area (Å²) >= 11 is 3.08. The molecule has 2 unspecified atom stereocenters. The van der Waals surface area contributed by atoms with Crippen molar-refractivity contribution in [2.24, 2.45) is 0 Å². The predicted octanol–water partition coefficient (Wildman–Crippen LogP) is 1.06. The van der Waals surface area contributed by atoms with Crippen molar-refractivity contribution in [1.29, 1.82) is 0 Å². The number of carbonyl (C=O) groups excluding carboxylic acids is 3. The van der Waals surface area contributed by atoms with Gasteiger partial charge < -0.3 is 15.0 Å². The summed E-state index contributed by atoms with van der Waals surface area (Å²) < 4.78 is 4.76. The molecule has 0 radical (unpaired) electrons. The van der Waals surface area contributed by atoms with Gasteiger partial charge in [0, 0.05) is 23.7 Å². The van der Waals surface area contributed by atoms with Gasteiger partial charge in [-0.3, -0.25) is 14.6 Å². The van der Waals surface area contributed by atoms with Crippen LogP contribution in [0.1, 0.15) is 17.4 Å². The van der Waals surface area contributed by atoms with Crippen LogP contribution in [0.2, 0.25) is 0 Å². The fraction of sp³-hybridized carbons (Fsp3) is 0.500. The zero-order valence-corrected chi connectivity index (χ0v) is 15.7. The summed E-state index contributed by atoms with van der Waals surface area (Å²) in [6, 6.07) is 2.33. The highest BCUT2D eigenvalue weighted by molar-refractivity contribution is 7.99. The van der Waals surface area contributed by atoms with Gasteiger partial charge in [-0.2, -0.15) is 11.8 Å². The van der Waals surface area contributed by atoms with Crippen LogP contribution in [0, 0.1) is 0 Å². The van der Waals surface area contributed by atoms with Crippen molar-refractivity contribution >= 4 is 41.8 Å². The number of nitrogens with one attached hydrogen (secondary N) is 1. The molecule has 1 N–H and O–H groups in total. The average molecular weight is 383 g/mol. The number of esters is 1. The fourth-order valence-corrected chi connectivity index (χ4v) is 4.40. The highest BCUT2D eigenvalue weighted by atomic mass is 32.2. The van der Waals surface area contributed by atoms with Gasteiger partial charge >= 0.3 is 5.97 Å². The van der Waals surface area contributed by atoms with Gasteiger partial charge in [0.05, 0.1) is 7.11 Å². The van der Waals surface area contributed by atoms with Gasteiger partial charge in [-0.15, -0.1) is 11.8 Å². The molecule has 2 heterocycles. The number of hydrogen-bond acceptors (Lipinski definition) is 7. The number of methoxy groups -OCH3 is 1. The van der Waals surface area contributed by atoms with Crippen LogP contribution >= 0.6 is 23.5 Å². The van der Waals surface area contributed by atoms with Crippen LogP contribution in [0.15, 0.2) is 24.5 Å². The van der Waals surface area contributed by atoms with Gasteiger partial charge in [0.15, 0.2) is 0 Å². The zero-order valence-electron chi connectivity index (χ0n) is 14.1. The Kier molecular flexibility index (Phi) is 7.57. The van der Waals surface area contributed by atoms with Crippen molar-refractivity contribution in [3.63, 3.8) is 0 Å². The van der Waals surface area contributed by atoms with E-state index in [-0.39, 0.29) is 11.3 Å². The first-order valence-corrected chi connectivity index (χ1v) is 10.2. The Balaban J connectivity index is 2.07. The molecule has 1 saturated heterocycles. The molecule has 0 bridgehead atoms. The number of aromatic nitrogens is 1. The van der Waals surface area contributed by atoms with Gasteiger partial charge in [0.25, 0.3) is 0 Å². The molecule has 1 aliphatic rings. The molecular formula is C16H21N3O4S2. The van der Waals surface area contributed by atoms with Crippen LogP contribution in [0.25, 0.3) is 0 Å². The van der Waals surface area contributed by atoms with E-state index in [1.54, 1.807) is 30.2 Å². The smallest absolute Gasteiger partial charge is 0.328 e. The highest BCUT2D eigenvalue weighted by Crippen LogP contribution is 2.39. The van der Waals surface area contributed by atoms with Crippen molar-refractivity contribution in [2.45, 2.75) is 23.9 Å². The molecule has 0 spiro atoms. The molecule has 0 saturated carbocycles. The minimum atomic E-state index is -0.708. The van der Waals surface area contributed by atoms with E-state index in [0.29, 0.717) is 18.6 Å². The zero-order chi connectivity index (χ0) is 18.2. The van der Waals surface area contributed by atoms with Crippen molar-refractivity contribution in [3.05, 3.63) is 30.1 Å². The lowest BCUT2D eigenvalue weighted by Gasteiger charge is -2.26. The number of ether oxygens (including phenoxy) is 1. The first-order chi connectivity index (χ1) is 12.1. The van der Waals surface area contributed by atoms with Crippen molar-refractivity contribution < 1.29 is 19.1 Å². The fourth-order valence-electron chi connectivity index (χ4n) is 2.54. The monoisotopic (exact) mass is 383 g/mol. The van der Waals surface area contributed by atoms with Gasteiger partial charge in [0.1, 0.15) is 17.5 Å². The second kappa shape index (κ2) is 9.67. The molecule has 2 rings (SSSR count). The summed E-state index contributed by atoms with van der Waals surface area (Å²) in [7, 11) is 1.29. The quantitative estimate of drug-likeness (QED) is 0.530. The normalized spacial score (nSPS) is 20.8. The van der Waals surface area contributed by atoms with Gasteiger partial charge in [-0.25, -0.2) is 4.79 Å². The Morgan fingerprint density at radius 3 is 3.00 bits per heavy atom. The van der Waals surface area contributed by atoms with Crippen LogP contribution < -0.4 is 5.32 Å². The van der Waals surface area contributed by atoms with E-state index in [4.69, 9.17) is 4.74 Å². The summed E-state index contributed by atoms with van der Waals surface area (Å²) in [4.78, 5) is 41.6. The minimum Gasteiger partial charge on any atom is -0.467 e. The van der Waals surface area contributed by atoms with E-state index in [0.717, 1.165) is 11.3 Å². The van der Waals surface area contributed by atoms with E-state index < -0.39 is 18.1 Å². The molecule has 1 aromatic heterocycles. The number of amides is 2. The highest BCUT2D eigenvalue weighted by Gasteiger charge is 2.39. The first kappa shape index (κ1) is 19.6. The molecular weight excluding hydrogens is 362 g/mol. The number of nitrogens with zero attached hydrogens (tertiary/aromatic N) is 2. The average Bonchev–Trinajstić information content (AvgIpc) is 3.09. The van der Waals surface area contributed by atoms with Crippen LogP contribution in [-0.4, -0.2) is 65.1 Å². The van der Waals surface area contributed by atoms with Crippen molar-refractivity contribution in [1.82, 2.24) is 15.2 Å². The largest absolute Gasteiger partial charge is 0.467 e. The lowest BCUT2D eigenvalue weighted by molar-refractivity contribution is -0.145. The van der Waals surface area contributed by atoms with Gasteiger partial charge in [-0.05, 0) is 24.5 Å². The second-order valence-corrected chi connectivity index (χ2v) is 7.51. The molecule has 2 amide bonds. The maximum absolute atomic E-state index is 12.6. The number of hydrogen-bond donors (Lipinski definition) is 1. The molecule has 0 aromatic carbocycles. The summed E-state index contributed by atoms with van der Waals surface area (Å²) in [5.74, 6) is 0.354. The number of rotatable bonds is 8. The third-order valence-corrected chi connectivity index (χ3v) is 5.83. The van der Waals surface area contributed by atoms with Crippen LogP contribution in [-0.2, 0) is 19.1 Å². The Bertz CT molecular complexity index is 602. The van der Waals surface area contributed by atoms with Crippen LogP contribution in [0.3, 0.4) is 0 Å². The third kappa shape index (κ3) is 4.88. The summed E-state index contributed by atoms with van der Waals surface area (Å²) in [6.45, 7) is 0. The summed E-state index contributed by atoms with van der Waals surface area (Å²) in [5, 5.41) is 2.46. The first-order valence-electron chi connectivity index (χ1n) is 7.73. The molecule has 136 valence electrons. The Hall–Kier alpha value is -1.74. The van der Waals surface area contributed by atoms with Crippen molar-refractivity contribution in [3.8, 4) is 0 Å². The molecule has 0 aliphatic carbocycles. The number of thioether (sulfide) groups is 2. The molecule has 3 atom stereocenters. The molecule has 1 aliphatic heterocycles. The van der Waals surface area contributed by atoms with Crippen LogP contribution in [0.4, 0.5) is 0 Å². The molecule has 25 heavy (non-hydrogen) atoms. The van der Waals surface area contributed by atoms with E-state index in [1.165, 1.54) is 23.8 Å². The maximum Gasteiger partial charge on any atom is 0.328 e. The Morgan fingerprint density at radius 1 is 1.60 bits per heavy atom. The molecule has 1 fully saturated rings. The molecule has 1 aromatic rings. The van der Waals surface area contributed by atoms with E-state index in [2.05, 4.69) is 10.3 Å². The minimum absolute atomic E-state index is 0.260. The van der Waals surface area contributed by atoms with Gasteiger partial charge in [-0.1, -0.05) is 6.07 Å². The lowest BCUT2D eigenvalue weighted by Crippen LogP contribution is -2.50. The Morgan fingerprint density at radius 2 is 2.40 bits per heavy atom. The lowest BCUT2D eigenvalue weighted by atomic mass is 10.2.